The number of ketones is 1. The number of rotatable bonds is 1. The number of para-hydroxylation sites is 1. The Labute approximate surface area is 108 Å². The minimum absolute atomic E-state index is 0.210. The number of hydrogen-bond acceptors (Lipinski definition) is 2. The van der Waals surface area contributed by atoms with Gasteiger partial charge in [-0.15, -0.1) is 0 Å². The Morgan fingerprint density at radius 1 is 1.33 bits per heavy atom. The second-order valence-corrected chi connectivity index (χ2v) is 5.61. The van der Waals surface area contributed by atoms with Crippen LogP contribution >= 0.6 is 0 Å². The minimum atomic E-state index is -0.210. The molecule has 2 atom stereocenters. The highest BCUT2D eigenvalue weighted by Gasteiger charge is 2.46. The van der Waals surface area contributed by atoms with E-state index in [0.717, 1.165) is 24.2 Å². The number of benzene rings is 1. The summed E-state index contributed by atoms with van der Waals surface area (Å²) in [6.07, 6.45) is 6.38. The molecule has 2 unspecified atom stereocenters. The van der Waals surface area contributed by atoms with E-state index < -0.39 is 0 Å². The molecule has 0 aromatic heterocycles. The monoisotopic (exact) mass is 244 g/mol. The third-order valence-electron chi connectivity index (χ3n) is 4.60. The lowest BCUT2D eigenvalue weighted by molar-refractivity contribution is -0.0339. The van der Waals surface area contributed by atoms with Crippen LogP contribution in [-0.4, -0.2) is 11.4 Å². The van der Waals surface area contributed by atoms with Crippen LogP contribution in [0.4, 0.5) is 0 Å². The van der Waals surface area contributed by atoms with Crippen molar-refractivity contribution in [3.8, 4) is 5.75 Å². The maximum Gasteiger partial charge on any atom is 0.170 e. The summed E-state index contributed by atoms with van der Waals surface area (Å²) in [5, 5.41) is 0. The van der Waals surface area contributed by atoms with Crippen molar-refractivity contribution in [2.45, 2.75) is 51.0 Å². The number of fused-ring (bicyclic) bond motifs is 1. The second-order valence-electron chi connectivity index (χ2n) is 5.61. The van der Waals surface area contributed by atoms with Crippen LogP contribution in [0.3, 0.4) is 0 Å². The van der Waals surface area contributed by atoms with E-state index in [4.69, 9.17) is 4.74 Å². The largest absolute Gasteiger partial charge is 0.486 e. The lowest BCUT2D eigenvalue weighted by Crippen LogP contribution is -2.49. The van der Waals surface area contributed by atoms with Gasteiger partial charge in [0.05, 0.1) is 12.0 Å². The van der Waals surface area contributed by atoms with E-state index in [9.17, 15) is 4.79 Å². The Bertz CT molecular complexity index is 466. The van der Waals surface area contributed by atoms with Crippen molar-refractivity contribution in [2.24, 2.45) is 5.92 Å². The highest BCUT2D eigenvalue weighted by molar-refractivity contribution is 6.00. The number of ether oxygens (including phenoxy) is 1. The zero-order valence-electron chi connectivity index (χ0n) is 10.9. The molecule has 2 heteroatoms. The molecule has 18 heavy (non-hydrogen) atoms. The van der Waals surface area contributed by atoms with E-state index in [-0.39, 0.29) is 11.4 Å². The maximum absolute atomic E-state index is 12.3. The lowest BCUT2D eigenvalue weighted by Gasteiger charge is -2.46. The summed E-state index contributed by atoms with van der Waals surface area (Å²) >= 11 is 0. The van der Waals surface area contributed by atoms with Gasteiger partial charge in [-0.05, 0) is 43.7 Å². The van der Waals surface area contributed by atoms with Gasteiger partial charge in [0.1, 0.15) is 11.4 Å². The van der Waals surface area contributed by atoms with Crippen molar-refractivity contribution >= 4 is 5.78 Å². The van der Waals surface area contributed by atoms with E-state index in [2.05, 4.69) is 6.92 Å². The van der Waals surface area contributed by atoms with Crippen molar-refractivity contribution in [3.05, 3.63) is 29.8 Å². The molecule has 1 aromatic rings. The molecular formula is C16H20O2. The lowest BCUT2D eigenvalue weighted by atomic mass is 9.70. The average molecular weight is 244 g/mol. The van der Waals surface area contributed by atoms with Gasteiger partial charge >= 0.3 is 0 Å². The van der Waals surface area contributed by atoms with Gasteiger partial charge in [-0.2, -0.15) is 0 Å². The van der Waals surface area contributed by atoms with Crippen molar-refractivity contribution in [1.29, 1.82) is 0 Å². The fourth-order valence-corrected chi connectivity index (χ4v) is 3.63. The predicted molar refractivity (Wildman–Crippen MR) is 71.0 cm³/mol. The van der Waals surface area contributed by atoms with Crippen LogP contribution in [0.2, 0.25) is 0 Å². The fourth-order valence-electron chi connectivity index (χ4n) is 3.63. The summed E-state index contributed by atoms with van der Waals surface area (Å²) in [7, 11) is 0. The molecule has 0 saturated heterocycles. The Morgan fingerprint density at radius 2 is 2.17 bits per heavy atom. The first kappa shape index (κ1) is 11.8. The number of carbonyl (C=O) groups is 1. The number of hydrogen-bond donors (Lipinski definition) is 0. The molecule has 1 aliphatic carbocycles. The van der Waals surface area contributed by atoms with Gasteiger partial charge in [-0.3, -0.25) is 4.79 Å². The summed E-state index contributed by atoms with van der Waals surface area (Å²) in [6.45, 7) is 2.21. The molecule has 0 radical (unpaired) electrons. The fraction of sp³-hybridized carbons (Fsp3) is 0.562. The van der Waals surface area contributed by atoms with Crippen molar-refractivity contribution < 1.29 is 9.53 Å². The van der Waals surface area contributed by atoms with Gasteiger partial charge in [-0.1, -0.05) is 25.5 Å². The molecule has 0 bridgehead atoms. The summed E-state index contributed by atoms with van der Waals surface area (Å²) in [4.78, 5) is 12.3. The first-order valence-electron chi connectivity index (χ1n) is 7.06. The topological polar surface area (TPSA) is 26.3 Å². The van der Waals surface area contributed by atoms with Gasteiger partial charge in [0.25, 0.3) is 0 Å². The third-order valence-corrected chi connectivity index (χ3v) is 4.60. The molecule has 1 fully saturated rings. The molecule has 0 N–H and O–H groups in total. The summed E-state index contributed by atoms with van der Waals surface area (Å²) in [5.74, 6) is 1.59. The van der Waals surface area contributed by atoms with E-state index in [1.165, 1.54) is 19.3 Å². The van der Waals surface area contributed by atoms with Gasteiger partial charge < -0.3 is 4.74 Å². The quantitative estimate of drug-likeness (QED) is 0.746. The Morgan fingerprint density at radius 3 is 3.00 bits per heavy atom. The van der Waals surface area contributed by atoms with Crippen molar-refractivity contribution in [3.63, 3.8) is 0 Å². The van der Waals surface area contributed by atoms with Gasteiger partial charge in [0, 0.05) is 0 Å². The van der Waals surface area contributed by atoms with Crippen LogP contribution in [0, 0.1) is 5.92 Å². The molecule has 1 heterocycles. The molecule has 1 aromatic carbocycles. The minimum Gasteiger partial charge on any atom is -0.486 e. The summed E-state index contributed by atoms with van der Waals surface area (Å²) < 4.78 is 6.31. The molecule has 2 aliphatic rings. The first-order chi connectivity index (χ1) is 8.75. The maximum atomic E-state index is 12.3. The zero-order valence-corrected chi connectivity index (χ0v) is 10.9. The molecule has 0 amide bonds. The van der Waals surface area contributed by atoms with E-state index in [1.807, 2.05) is 24.3 Å². The van der Waals surface area contributed by atoms with Crippen LogP contribution in [0.5, 0.6) is 5.75 Å². The van der Waals surface area contributed by atoms with Gasteiger partial charge in [0.15, 0.2) is 5.78 Å². The molecule has 1 spiro atoms. The van der Waals surface area contributed by atoms with Crippen molar-refractivity contribution in [2.75, 3.05) is 0 Å². The predicted octanol–water partition coefficient (Wildman–Crippen LogP) is 3.99. The van der Waals surface area contributed by atoms with Crippen LogP contribution in [0.1, 0.15) is 55.8 Å². The Hall–Kier alpha value is -1.31. The Balaban J connectivity index is 1.99. The normalized spacial score (nSPS) is 30.9. The molecule has 3 rings (SSSR count). The van der Waals surface area contributed by atoms with Gasteiger partial charge in [-0.25, -0.2) is 0 Å². The highest BCUT2D eigenvalue weighted by atomic mass is 16.5. The van der Waals surface area contributed by atoms with E-state index >= 15 is 0 Å². The van der Waals surface area contributed by atoms with E-state index in [1.54, 1.807) is 0 Å². The second kappa shape index (κ2) is 4.42. The molecular weight excluding hydrogens is 224 g/mol. The van der Waals surface area contributed by atoms with Crippen LogP contribution in [-0.2, 0) is 0 Å². The summed E-state index contributed by atoms with van der Waals surface area (Å²) in [6, 6.07) is 7.69. The number of Topliss-reactive ketones (excluding diaryl/α,β-unsaturated/α-hetero) is 1. The third kappa shape index (κ3) is 1.75. The zero-order chi connectivity index (χ0) is 12.6. The standard InChI is InChI=1S/C16H20O2/c1-2-12-7-5-6-10-16(12)11-14(17)13-8-3-4-9-15(13)18-16/h3-4,8-9,12H,2,5-7,10-11H2,1H3. The van der Waals surface area contributed by atoms with Crippen LogP contribution in [0.25, 0.3) is 0 Å². The molecule has 1 aliphatic heterocycles. The van der Waals surface area contributed by atoms with Crippen molar-refractivity contribution in [1.82, 2.24) is 0 Å². The highest BCUT2D eigenvalue weighted by Crippen LogP contribution is 2.45. The summed E-state index contributed by atoms with van der Waals surface area (Å²) in [5.41, 5.74) is 0.557. The molecule has 96 valence electrons. The smallest absolute Gasteiger partial charge is 0.170 e. The van der Waals surface area contributed by atoms with E-state index in [0.29, 0.717) is 12.3 Å². The van der Waals surface area contributed by atoms with Gasteiger partial charge in [0.2, 0.25) is 0 Å². The van der Waals surface area contributed by atoms with Crippen LogP contribution < -0.4 is 4.74 Å². The Kier molecular flexibility index (Phi) is 2.89. The first-order valence-corrected chi connectivity index (χ1v) is 7.06. The van der Waals surface area contributed by atoms with Crippen LogP contribution in [0.15, 0.2) is 24.3 Å². The SMILES string of the molecule is CCC1CCCCC12CC(=O)c1ccccc1O2. The average Bonchev–Trinajstić information content (AvgIpc) is 2.39. The number of carbonyl (C=O) groups excluding carboxylic acids is 1. The molecule has 2 nitrogen and oxygen atoms in total. The molecule has 1 saturated carbocycles.